The van der Waals surface area contributed by atoms with Gasteiger partial charge < -0.3 is 14.2 Å². The Bertz CT molecular complexity index is 731. The van der Waals surface area contributed by atoms with Crippen LogP contribution in [0.5, 0.6) is 17.2 Å². The molecule has 0 bridgehead atoms. The average Bonchev–Trinajstić information content (AvgIpc) is 2.83. The van der Waals surface area contributed by atoms with E-state index in [0.29, 0.717) is 22.8 Å². The van der Waals surface area contributed by atoms with Gasteiger partial charge in [-0.15, -0.1) is 0 Å². The first kappa shape index (κ1) is 13.2. The maximum atomic E-state index is 12.3. The quantitative estimate of drug-likeness (QED) is 0.810. The summed E-state index contributed by atoms with van der Waals surface area (Å²) >= 11 is 0. The molecule has 4 nitrogen and oxygen atoms in total. The molecule has 0 saturated heterocycles. The van der Waals surface area contributed by atoms with Crippen LogP contribution in [0, 0.1) is 0 Å². The van der Waals surface area contributed by atoms with E-state index >= 15 is 0 Å². The highest BCUT2D eigenvalue weighted by atomic mass is 16.5. The van der Waals surface area contributed by atoms with E-state index in [1.54, 1.807) is 38.5 Å². The number of hydrogen-bond donors (Lipinski definition) is 0. The predicted molar refractivity (Wildman–Crippen MR) is 78.9 cm³/mol. The van der Waals surface area contributed by atoms with Gasteiger partial charge in [0, 0.05) is 6.07 Å². The predicted octanol–water partition coefficient (Wildman–Crippen LogP) is 3.32. The first-order valence-electron chi connectivity index (χ1n) is 6.47. The van der Waals surface area contributed by atoms with Crippen molar-refractivity contribution in [3.8, 4) is 17.2 Å². The van der Waals surface area contributed by atoms with Crippen molar-refractivity contribution in [3.63, 3.8) is 0 Å². The Morgan fingerprint density at radius 2 is 1.76 bits per heavy atom. The third-order valence-electron chi connectivity index (χ3n) is 3.27. The SMILES string of the molecule is COc1cccc(/C=C2/Oc3cc(OC)ccc3C2=O)c1. The lowest BCUT2D eigenvalue weighted by Crippen LogP contribution is -1.98. The fourth-order valence-corrected chi connectivity index (χ4v) is 2.18. The molecule has 1 aliphatic heterocycles. The van der Waals surface area contributed by atoms with Crippen molar-refractivity contribution in [2.24, 2.45) is 0 Å². The third kappa shape index (κ3) is 2.48. The van der Waals surface area contributed by atoms with Gasteiger partial charge in [-0.2, -0.15) is 0 Å². The number of ether oxygens (including phenoxy) is 3. The van der Waals surface area contributed by atoms with Crippen LogP contribution < -0.4 is 14.2 Å². The molecule has 0 unspecified atom stereocenters. The first-order chi connectivity index (χ1) is 10.2. The van der Waals surface area contributed by atoms with Gasteiger partial charge in [0.15, 0.2) is 5.76 Å². The maximum Gasteiger partial charge on any atom is 0.231 e. The number of Topliss-reactive ketones (excluding diaryl/α,β-unsaturated/α-hetero) is 1. The van der Waals surface area contributed by atoms with Crippen molar-refractivity contribution in [1.82, 2.24) is 0 Å². The molecule has 3 rings (SSSR count). The summed E-state index contributed by atoms with van der Waals surface area (Å²) in [7, 11) is 3.18. The molecule has 4 heteroatoms. The Kier molecular flexibility index (Phi) is 3.36. The summed E-state index contributed by atoms with van der Waals surface area (Å²) in [6, 6.07) is 12.6. The van der Waals surface area contributed by atoms with Gasteiger partial charge in [-0.05, 0) is 35.9 Å². The van der Waals surface area contributed by atoms with Gasteiger partial charge in [-0.3, -0.25) is 4.79 Å². The van der Waals surface area contributed by atoms with Crippen molar-refractivity contribution in [2.45, 2.75) is 0 Å². The molecule has 106 valence electrons. The normalized spacial score (nSPS) is 14.8. The minimum Gasteiger partial charge on any atom is -0.497 e. The molecule has 0 atom stereocenters. The van der Waals surface area contributed by atoms with E-state index in [9.17, 15) is 4.79 Å². The Balaban J connectivity index is 1.94. The third-order valence-corrected chi connectivity index (χ3v) is 3.27. The van der Waals surface area contributed by atoms with E-state index in [0.717, 1.165) is 11.3 Å². The van der Waals surface area contributed by atoms with E-state index in [-0.39, 0.29) is 5.78 Å². The Labute approximate surface area is 122 Å². The number of benzene rings is 2. The van der Waals surface area contributed by atoms with Crippen LogP contribution in [0.4, 0.5) is 0 Å². The summed E-state index contributed by atoms with van der Waals surface area (Å²) in [6.07, 6.45) is 1.71. The number of ketones is 1. The van der Waals surface area contributed by atoms with E-state index in [1.807, 2.05) is 24.3 Å². The fourth-order valence-electron chi connectivity index (χ4n) is 2.18. The Hall–Kier alpha value is -2.75. The monoisotopic (exact) mass is 282 g/mol. The lowest BCUT2D eigenvalue weighted by Gasteiger charge is -2.02. The number of rotatable bonds is 3. The Morgan fingerprint density at radius 3 is 2.52 bits per heavy atom. The highest BCUT2D eigenvalue weighted by Gasteiger charge is 2.27. The maximum absolute atomic E-state index is 12.3. The molecule has 21 heavy (non-hydrogen) atoms. The second kappa shape index (κ2) is 5.32. The number of methoxy groups -OCH3 is 2. The van der Waals surface area contributed by atoms with Crippen LogP contribution in [-0.2, 0) is 0 Å². The van der Waals surface area contributed by atoms with Crippen molar-refractivity contribution in [2.75, 3.05) is 14.2 Å². The van der Waals surface area contributed by atoms with Crippen LogP contribution in [0.3, 0.4) is 0 Å². The topological polar surface area (TPSA) is 44.8 Å². The van der Waals surface area contributed by atoms with E-state index in [4.69, 9.17) is 14.2 Å². The van der Waals surface area contributed by atoms with Gasteiger partial charge in [0.05, 0.1) is 19.8 Å². The zero-order valence-electron chi connectivity index (χ0n) is 11.8. The van der Waals surface area contributed by atoms with E-state index in [1.165, 1.54) is 0 Å². The van der Waals surface area contributed by atoms with Crippen molar-refractivity contribution < 1.29 is 19.0 Å². The van der Waals surface area contributed by atoms with Crippen molar-refractivity contribution in [3.05, 3.63) is 59.4 Å². The van der Waals surface area contributed by atoms with Gasteiger partial charge in [0.1, 0.15) is 17.2 Å². The molecule has 1 heterocycles. The van der Waals surface area contributed by atoms with Crippen LogP contribution >= 0.6 is 0 Å². The molecule has 2 aromatic rings. The highest BCUT2D eigenvalue weighted by Crippen LogP contribution is 2.34. The summed E-state index contributed by atoms with van der Waals surface area (Å²) in [5.74, 6) is 2.08. The van der Waals surface area contributed by atoms with Gasteiger partial charge >= 0.3 is 0 Å². The summed E-state index contributed by atoms with van der Waals surface area (Å²) in [5.41, 5.74) is 1.39. The molecule has 0 aromatic heterocycles. The smallest absolute Gasteiger partial charge is 0.231 e. The molecule has 0 spiro atoms. The lowest BCUT2D eigenvalue weighted by molar-refractivity contribution is 0.101. The number of hydrogen-bond acceptors (Lipinski definition) is 4. The number of allylic oxidation sites excluding steroid dienone is 1. The zero-order valence-corrected chi connectivity index (χ0v) is 11.8. The second-order valence-corrected chi connectivity index (χ2v) is 4.58. The molecular weight excluding hydrogens is 268 g/mol. The molecular formula is C17H14O4. The highest BCUT2D eigenvalue weighted by molar-refractivity contribution is 6.14. The van der Waals surface area contributed by atoms with Gasteiger partial charge in [0.2, 0.25) is 5.78 Å². The van der Waals surface area contributed by atoms with Gasteiger partial charge in [-0.25, -0.2) is 0 Å². The number of fused-ring (bicyclic) bond motifs is 1. The molecule has 0 N–H and O–H groups in total. The van der Waals surface area contributed by atoms with Crippen LogP contribution in [0.15, 0.2) is 48.2 Å². The van der Waals surface area contributed by atoms with Crippen molar-refractivity contribution >= 4 is 11.9 Å². The minimum absolute atomic E-state index is 0.129. The number of carbonyl (C=O) groups is 1. The van der Waals surface area contributed by atoms with Crippen LogP contribution in [0.2, 0.25) is 0 Å². The first-order valence-corrected chi connectivity index (χ1v) is 6.47. The molecule has 0 saturated carbocycles. The van der Waals surface area contributed by atoms with Crippen LogP contribution in [0.1, 0.15) is 15.9 Å². The molecule has 0 fully saturated rings. The average molecular weight is 282 g/mol. The summed E-state index contributed by atoms with van der Waals surface area (Å²) in [4.78, 5) is 12.3. The van der Waals surface area contributed by atoms with Crippen LogP contribution in [0.25, 0.3) is 6.08 Å². The zero-order chi connectivity index (χ0) is 14.8. The molecule has 1 aliphatic rings. The van der Waals surface area contributed by atoms with E-state index in [2.05, 4.69) is 0 Å². The molecule has 0 amide bonds. The summed E-state index contributed by atoms with van der Waals surface area (Å²) < 4.78 is 15.9. The standard InChI is InChI=1S/C17H14O4/c1-19-12-5-3-4-11(8-12)9-16-17(18)14-7-6-13(20-2)10-15(14)21-16/h3-10H,1-2H3/b16-9+. The van der Waals surface area contributed by atoms with Gasteiger partial charge in [0.25, 0.3) is 0 Å². The fraction of sp³-hybridized carbons (Fsp3) is 0.118. The van der Waals surface area contributed by atoms with Crippen LogP contribution in [-0.4, -0.2) is 20.0 Å². The minimum atomic E-state index is -0.129. The lowest BCUT2D eigenvalue weighted by atomic mass is 10.1. The Morgan fingerprint density at radius 1 is 1.00 bits per heavy atom. The van der Waals surface area contributed by atoms with E-state index < -0.39 is 0 Å². The summed E-state index contributed by atoms with van der Waals surface area (Å²) in [5, 5.41) is 0. The number of carbonyl (C=O) groups excluding carboxylic acids is 1. The second-order valence-electron chi connectivity index (χ2n) is 4.58. The molecule has 2 aromatic carbocycles. The van der Waals surface area contributed by atoms with Crippen molar-refractivity contribution in [1.29, 1.82) is 0 Å². The summed E-state index contributed by atoms with van der Waals surface area (Å²) in [6.45, 7) is 0. The molecule has 0 aliphatic carbocycles. The van der Waals surface area contributed by atoms with Gasteiger partial charge in [-0.1, -0.05) is 12.1 Å². The molecule has 0 radical (unpaired) electrons. The largest absolute Gasteiger partial charge is 0.497 e.